The highest BCUT2D eigenvalue weighted by atomic mass is 16.3. The molecule has 0 fully saturated rings. The molecule has 0 saturated carbocycles. The van der Waals surface area contributed by atoms with Crippen molar-refractivity contribution >= 4 is 76.2 Å². The van der Waals surface area contributed by atoms with Crippen LogP contribution >= 0.6 is 0 Å². The van der Waals surface area contributed by atoms with Gasteiger partial charge < -0.3 is 8.83 Å². The molecule has 0 atom stereocenters. The number of fused-ring (bicyclic) bond motifs is 8. The van der Waals surface area contributed by atoms with Gasteiger partial charge in [-0.25, -0.2) is 0 Å². The van der Waals surface area contributed by atoms with Crippen LogP contribution in [0.1, 0.15) is 0 Å². The van der Waals surface area contributed by atoms with Gasteiger partial charge >= 0.3 is 0 Å². The molecule has 0 saturated heterocycles. The van der Waals surface area contributed by atoms with Crippen molar-refractivity contribution in [1.82, 2.24) is 0 Å². The molecular formula is C52H30O2. The molecule has 0 aliphatic rings. The molecule has 0 amide bonds. The molecule has 12 rings (SSSR count). The smallest absolute Gasteiger partial charge is 0.143 e. The molecule has 0 aliphatic carbocycles. The van der Waals surface area contributed by atoms with Crippen molar-refractivity contribution in [1.29, 1.82) is 0 Å². The molecule has 2 aromatic heterocycles. The van der Waals surface area contributed by atoms with Crippen LogP contribution in [0.2, 0.25) is 0 Å². The van der Waals surface area contributed by atoms with E-state index in [9.17, 15) is 0 Å². The van der Waals surface area contributed by atoms with E-state index in [1.54, 1.807) is 0 Å². The van der Waals surface area contributed by atoms with E-state index in [-0.39, 0.29) is 0 Å². The van der Waals surface area contributed by atoms with Gasteiger partial charge in [-0.15, -0.1) is 0 Å². The second kappa shape index (κ2) is 11.2. The highest BCUT2D eigenvalue weighted by Gasteiger charge is 2.23. The van der Waals surface area contributed by atoms with E-state index in [4.69, 9.17) is 8.83 Å². The lowest BCUT2D eigenvalue weighted by Gasteiger charge is -2.12. The zero-order chi connectivity index (χ0) is 35.3. The summed E-state index contributed by atoms with van der Waals surface area (Å²) >= 11 is 0. The third-order valence-electron chi connectivity index (χ3n) is 11.4. The van der Waals surface area contributed by atoms with E-state index >= 15 is 0 Å². The van der Waals surface area contributed by atoms with Gasteiger partial charge in [-0.1, -0.05) is 133 Å². The maximum absolute atomic E-state index is 6.97. The van der Waals surface area contributed by atoms with Crippen molar-refractivity contribution in [3.8, 4) is 44.5 Å². The molecule has 2 heteroatoms. The van der Waals surface area contributed by atoms with Crippen molar-refractivity contribution in [2.24, 2.45) is 0 Å². The van der Waals surface area contributed by atoms with E-state index in [0.29, 0.717) is 0 Å². The summed E-state index contributed by atoms with van der Waals surface area (Å²) in [6.45, 7) is 0. The third kappa shape index (κ3) is 4.22. The standard InChI is InChI=1S/C52H30O2/c1-5-13-31(14-6-1)37-27-41(33-17-9-3-10-18-33)49-43-25-35-22-24-40-48-36(21-23-39(47(35)48)51(43)53-45(49)29-37)26-44-50-42(34-19-11-4-12-20-34)28-38(30-46(50)54-52(40)44)32-15-7-2-8-16-32/h1-30H. The van der Waals surface area contributed by atoms with Crippen LogP contribution in [-0.2, 0) is 0 Å². The minimum Gasteiger partial charge on any atom is -0.455 e. The van der Waals surface area contributed by atoms with Crippen LogP contribution in [0.3, 0.4) is 0 Å². The Labute approximate surface area is 310 Å². The van der Waals surface area contributed by atoms with Crippen LogP contribution in [0.5, 0.6) is 0 Å². The summed E-state index contributed by atoms with van der Waals surface area (Å²) in [5, 5.41) is 11.6. The van der Waals surface area contributed by atoms with Gasteiger partial charge in [-0.05, 0) is 104 Å². The first kappa shape index (κ1) is 29.4. The molecule has 0 unspecified atom stereocenters. The van der Waals surface area contributed by atoms with Crippen LogP contribution < -0.4 is 0 Å². The van der Waals surface area contributed by atoms with Crippen molar-refractivity contribution in [2.45, 2.75) is 0 Å². The summed E-state index contributed by atoms with van der Waals surface area (Å²) in [6.07, 6.45) is 0. The van der Waals surface area contributed by atoms with Crippen LogP contribution in [0.15, 0.2) is 191 Å². The van der Waals surface area contributed by atoms with Gasteiger partial charge in [-0.3, -0.25) is 0 Å². The predicted octanol–water partition coefficient (Wildman–Crippen LogP) is 15.1. The van der Waals surface area contributed by atoms with Crippen molar-refractivity contribution in [3.63, 3.8) is 0 Å². The van der Waals surface area contributed by atoms with Crippen molar-refractivity contribution in [2.75, 3.05) is 0 Å². The van der Waals surface area contributed by atoms with Gasteiger partial charge in [0.15, 0.2) is 0 Å². The largest absolute Gasteiger partial charge is 0.455 e. The maximum Gasteiger partial charge on any atom is 0.143 e. The molecule has 0 aliphatic heterocycles. The molecule has 0 N–H and O–H groups in total. The normalized spacial score (nSPS) is 12.1. The average molecular weight is 687 g/mol. The molecule has 0 bridgehead atoms. The lowest BCUT2D eigenvalue weighted by molar-refractivity contribution is 0.672. The Hall–Kier alpha value is -7.16. The average Bonchev–Trinajstić information content (AvgIpc) is 3.81. The maximum atomic E-state index is 6.97. The van der Waals surface area contributed by atoms with Crippen LogP contribution in [-0.4, -0.2) is 0 Å². The van der Waals surface area contributed by atoms with Gasteiger partial charge in [0.25, 0.3) is 0 Å². The highest BCUT2D eigenvalue weighted by molar-refractivity contribution is 6.35. The summed E-state index contributed by atoms with van der Waals surface area (Å²) < 4.78 is 13.9. The third-order valence-corrected chi connectivity index (χ3v) is 11.4. The Morgan fingerprint density at radius 1 is 0.259 bits per heavy atom. The monoisotopic (exact) mass is 686 g/mol. The van der Waals surface area contributed by atoms with E-state index in [1.807, 2.05) is 0 Å². The first-order valence-electron chi connectivity index (χ1n) is 18.5. The summed E-state index contributed by atoms with van der Waals surface area (Å²) in [6, 6.07) is 65.3. The van der Waals surface area contributed by atoms with Gasteiger partial charge in [-0.2, -0.15) is 0 Å². The van der Waals surface area contributed by atoms with Crippen molar-refractivity contribution in [3.05, 3.63) is 182 Å². The number of hydrogen-bond acceptors (Lipinski definition) is 2. The van der Waals surface area contributed by atoms with Gasteiger partial charge in [0.1, 0.15) is 22.3 Å². The molecule has 54 heavy (non-hydrogen) atoms. The molecule has 2 heterocycles. The molecule has 2 nitrogen and oxygen atoms in total. The predicted molar refractivity (Wildman–Crippen MR) is 226 cm³/mol. The Kier molecular flexibility index (Phi) is 6.09. The second-order valence-electron chi connectivity index (χ2n) is 14.4. The summed E-state index contributed by atoms with van der Waals surface area (Å²) in [7, 11) is 0. The summed E-state index contributed by atoms with van der Waals surface area (Å²) in [5.41, 5.74) is 12.9. The van der Waals surface area contributed by atoms with E-state index in [2.05, 4.69) is 182 Å². The topological polar surface area (TPSA) is 26.3 Å². The number of hydrogen-bond donors (Lipinski definition) is 0. The number of furan rings is 2. The minimum atomic E-state index is 0.891. The Bertz CT molecular complexity index is 3160. The second-order valence-corrected chi connectivity index (χ2v) is 14.4. The van der Waals surface area contributed by atoms with Gasteiger partial charge in [0.05, 0.1) is 0 Å². The fourth-order valence-electron chi connectivity index (χ4n) is 8.94. The van der Waals surface area contributed by atoms with Crippen LogP contribution in [0.25, 0.3) is 121 Å². The van der Waals surface area contributed by atoms with Crippen molar-refractivity contribution < 1.29 is 8.83 Å². The molecule has 250 valence electrons. The first-order chi connectivity index (χ1) is 26.8. The quantitative estimate of drug-likeness (QED) is 0.172. The zero-order valence-electron chi connectivity index (χ0n) is 29.1. The molecule has 10 aromatic carbocycles. The number of rotatable bonds is 4. The van der Waals surface area contributed by atoms with Crippen LogP contribution in [0.4, 0.5) is 0 Å². The Morgan fingerprint density at radius 2 is 0.630 bits per heavy atom. The minimum absolute atomic E-state index is 0.891. The first-order valence-corrected chi connectivity index (χ1v) is 18.5. The molecular weight excluding hydrogens is 657 g/mol. The zero-order valence-corrected chi connectivity index (χ0v) is 29.1. The number of benzene rings is 10. The van der Waals surface area contributed by atoms with Gasteiger partial charge in [0, 0.05) is 43.1 Å². The van der Waals surface area contributed by atoms with E-state index in [1.165, 1.54) is 54.9 Å². The lowest BCUT2D eigenvalue weighted by atomic mass is 9.89. The SMILES string of the molecule is c1ccc(-c2cc(-c3ccccc3)c3c(c2)oc2c3cc3ccc4c5oc6cc(-c7ccccc7)cc(-c7ccccc7)c6c5cc5ccc2c3c54)cc1. The lowest BCUT2D eigenvalue weighted by Crippen LogP contribution is -1.86. The van der Waals surface area contributed by atoms with Gasteiger partial charge in [0.2, 0.25) is 0 Å². The highest BCUT2D eigenvalue weighted by Crippen LogP contribution is 2.49. The fourth-order valence-corrected chi connectivity index (χ4v) is 8.94. The molecule has 0 radical (unpaired) electrons. The summed E-state index contributed by atoms with van der Waals surface area (Å²) in [5.74, 6) is 0. The Morgan fingerprint density at radius 3 is 1.02 bits per heavy atom. The van der Waals surface area contributed by atoms with Crippen LogP contribution in [0, 0.1) is 0 Å². The molecule has 12 aromatic rings. The molecule has 0 spiro atoms. The van der Waals surface area contributed by atoms with E-state index < -0.39 is 0 Å². The summed E-state index contributed by atoms with van der Waals surface area (Å²) in [4.78, 5) is 0. The Balaban J connectivity index is 1.16. The van der Waals surface area contributed by atoms with E-state index in [0.717, 1.165) is 65.8 Å². The fraction of sp³-hybridized carbons (Fsp3) is 0.